The van der Waals surface area contributed by atoms with E-state index in [0.29, 0.717) is 49.5 Å². The summed E-state index contributed by atoms with van der Waals surface area (Å²) in [4.78, 5) is 31.6. The SMILES string of the molecule is COc1ccc(N=C2S/C(=C\c3cc(Cl)c(OCc4ccc(C)cc4)c(Cl)c3)C(=O)N2Cc2ccc(C(=O)O)cc2)cc1. The monoisotopic (exact) mass is 632 g/mol. The van der Waals surface area contributed by atoms with Crippen LogP contribution in [0.5, 0.6) is 11.5 Å². The van der Waals surface area contributed by atoms with E-state index in [2.05, 4.69) is 0 Å². The molecular formula is C33H26Cl2N2O5S. The molecule has 1 aliphatic heterocycles. The van der Waals surface area contributed by atoms with Crippen LogP contribution in [0.4, 0.5) is 5.69 Å². The fourth-order valence-electron chi connectivity index (χ4n) is 4.23. The number of carboxylic acid groups (broad SMARTS) is 1. The van der Waals surface area contributed by atoms with E-state index >= 15 is 0 Å². The van der Waals surface area contributed by atoms with Crippen LogP contribution in [0.25, 0.3) is 6.08 Å². The molecule has 0 spiro atoms. The van der Waals surface area contributed by atoms with Gasteiger partial charge in [-0.3, -0.25) is 9.69 Å². The molecule has 1 heterocycles. The van der Waals surface area contributed by atoms with Crippen molar-refractivity contribution in [3.05, 3.63) is 128 Å². The predicted molar refractivity (Wildman–Crippen MR) is 172 cm³/mol. The van der Waals surface area contributed by atoms with Crippen LogP contribution in [0.15, 0.2) is 94.8 Å². The van der Waals surface area contributed by atoms with E-state index in [1.807, 2.05) is 31.2 Å². The van der Waals surface area contributed by atoms with E-state index in [1.165, 1.54) is 23.9 Å². The van der Waals surface area contributed by atoms with Crippen LogP contribution in [0.1, 0.15) is 32.6 Å². The molecule has 218 valence electrons. The van der Waals surface area contributed by atoms with Gasteiger partial charge < -0.3 is 14.6 Å². The van der Waals surface area contributed by atoms with E-state index in [1.54, 1.807) is 66.6 Å². The quantitative estimate of drug-likeness (QED) is 0.186. The molecule has 5 rings (SSSR count). The Kier molecular flexibility index (Phi) is 9.40. The number of carbonyl (C=O) groups excluding carboxylic acids is 1. The molecule has 1 fully saturated rings. The van der Waals surface area contributed by atoms with Gasteiger partial charge in [-0.1, -0.05) is 65.2 Å². The summed E-state index contributed by atoms with van der Waals surface area (Å²) in [5.41, 5.74) is 4.33. The standard InChI is InChI=1S/C33H26Cl2N2O5S/c1-20-3-5-22(6-4-20)19-42-30-27(34)15-23(16-28(30)35)17-29-31(38)37(18-21-7-9-24(10-8-21)32(39)40)33(43-29)36-25-11-13-26(41-2)14-12-25/h3-17H,18-19H2,1-2H3,(H,39,40)/b29-17-,36-33?. The van der Waals surface area contributed by atoms with E-state index in [-0.39, 0.29) is 18.0 Å². The van der Waals surface area contributed by atoms with Crippen molar-refractivity contribution in [1.82, 2.24) is 4.90 Å². The Labute approximate surface area is 263 Å². The van der Waals surface area contributed by atoms with Crippen LogP contribution in [-0.4, -0.2) is 34.2 Å². The summed E-state index contributed by atoms with van der Waals surface area (Å²) in [6.45, 7) is 2.53. The van der Waals surface area contributed by atoms with Crippen LogP contribution in [0.2, 0.25) is 10.0 Å². The van der Waals surface area contributed by atoms with Gasteiger partial charge in [0.05, 0.1) is 39.9 Å². The number of aliphatic imine (C=N–C) groups is 1. The lowest BCUT2D eigenvalue weighted by Gasteiger charge is -2.16. The smallest absolute Gasteiger partial charge is 0.335 e. The van der Waals surface area contributed by atoms with Crippen molar-refractivity contribution in [2.24, 2.45) is 4.99 Å². The highest BCUT2D eigenvalue weighted by molar-refractivity contribution is 8.18. The number of halogens is 2. The Morgan fingerprint density at radius 1 is 0.953 bits per heavy atom. The minimum Gasteiger partial charge on any atom is -0.497 e. The number of carboxylic acids is 1. The van der Waals surface area contributed by atoms with E-state index < -0.39 is 5.97 Å². The Balaban J connectivity index is 1.42. The van der Waals surface area contributed by atoms with Crippen molar-refractivity contribution in [1.29, 1.82) is 0 Å². The second kappa shape index (κ2) is 13.4. The fraction of sp³-hybridized carbons (Fsp3) is 0.121. The predicted octanol–water partition coefficient (Wildman–Crippen LogP) is 8.39. The number of aromatic carboxylic acids is 1. The summed E-state index contributed by atoms with van der Waals surface area (Å²) < 4.78 is 11.2. The summed E-state index contributed by atoms with van der Waals surface area (Å²) in [5.74, 6) is -0.221. The first-order valence-electron chi connectivity index (χ1n) is 13.1. The van der Waals surface area contributed by atoms with Gasteiger partial charge >= 0.3 is 5.97 Å². The highest BCUT2D eigenvalue weighted by Gasteiger charge is 2.33. The van der Waals surface area contributed by atoms with Gasteiger partial charge in [-0.15, -0.1) is 0 Å². The van der Waals surface area contributed by atoms with Gasteiger partial charge in [0.25, 0.3) is 5.91 Å². The van der Waals surface area contributed by atoms with Crippen molar-refractivity contribution in [2.75, 3.05) is 7.11 Å². The first-order chi connectivity index (χ1) is 20.7. The van der Waals surface area contributed by atoms with Crippen molar-refractivity contribution in [3.63, 3.8) is 0 Å². The average molecular weight is 634 g/mol. The fourth-order valence-corrected chi connectivity index (χ4v) is 5.84. The second-order valence-electron chi connectivity index (χ2n) is 9.68. The van der Waals surface area contributed by atoms with Crippen molar-refractivity contribution >= 4 is 63.8 Å². The van der Waals surface area contributed by atoms with Gasteiger partial charge in [0.15, 0.2) is 10.9 Å². The molecule has 0 saturated carbocycles. The Morgan fingerprint density at radius 2 is 1.58 bits per heavy atom. The van der Waals surface area contributed by atoms with E-state index in [0.717, 1.165) is 16.7 Å². The zero-order valence-corrected chi connectivity index (χ0v) is 25.5. The average Bonchev–Trinajstić information content (AvgIpc) is 3.27. The first-order valence-corrected chi connectivity index (χ1v) is 14.7. The number of benzene rings is 4. The second-order valence-corrected chi connectivity index (χ2v) is 11.5. The summed E-state index contributed by atoms with van der Waals surface area (Å²) >= 11 is 14.3. The Bertz CT molecular complexity index is 1700. The number of ether oxygens (including phenoxy) is 2. The number of amidine groups is 1. The van der Waals surface area contributed by atoms with Gasteiger partial charge in [-0.25, -0.2) is 9.79 Å². The first kappa shape index (κ1) is 30.2. The summed E-state index contributed by atoms with van der Waals surface area (Å²) in [5, 5.41) is 10.4. The molecule has 4 aromatic carbocycles. The van der Waals surface area contributed by atoms with Gasteiger partial charge in [-0.05, 0) is 90.0 Å². The Hall–Kier alpha value is -4.24. The van der Waals surface area contributed by atoms with Crippen LogP contribution in [0.3, 0.4) is 0 Å². The third-order valence-corrected chi connectivity index (χ3v) is 8.12. The number of carbonyl (C=O) groups is 2. The molecule has 0 aromatic heterocycles. The van der Waals surface area contributed by atoms with E-state index in [4.69, 9.17) is 37.7 Å². The molecule has 0 aliphatic carbocycles. The zero-order chi connectivity index (χ0) is 30.5. The number of thioether (sulfide) groups is 1. The Morgan fingerprint density at radius 3 is 2.19 bits per heavy atom. The lowest BCUT2D eigenvalue weighted by Crippen LogP contribution is -2.28. The number of amides is 1. The molecule has 1 aliphatic rings. The molecule has 10 heteroatoms. The molecule has 43 heavy (non-hydrogen) atoms. The summed E-state index contributed by atoms with van der Waals surface area (Å²) in [6.07, 6.45) is 1.71. The molecule has 0 bridgehead atoms. The molecule has 1 N–H and O–H groups in total. The summed E-state index contributed by atoms with van der Waals surface area (Å²) in [7, 11) is 1.59. The van der Waals surface area contributed by atoms with Crippen LogP contribution < -0.4 is 9.47 Å². The van der Waals surface area contributed by atoms with Gasteiger partial charge in [-0.2, -0.15) is 0 Å². The number of rotatable bonds is 9. The van der Waals surface area contributed by atoms with Crippen LogP contribution >= 0.6 is 35.0 Å². The molecule has 0 radical (unpaired) electrons. The molecule has 0 unspecified atom stereocenters. The zero-order valence-electron chi connectivity index (χ0n) is 23.2. The maximum Gasteiger partial charge on any atom is 0.335 e. The van der Waals surface area contributed by atoms with Crippen molar-refractivity contribution in [2.45, 2.75) is 20.1 Å². The van der Waals surface area contributed by atoms with Gasteiger partial charge in [0.1, 0.15) is 12.4 Å². The number of methoxy groups -OCH3 is 1. The largest absolute Gasteiger partial charge is 0.497 e. The minimum absolute atomic E-state index is 0.165. The molecule has 7 nitrogen and oxygen atoms in total. The molecule has 1 saturated heterocycles. The van der Waals surface area contributed by atoms with Gasteiger partial charge in [0.2, 0.25) is 0 Å². The number of hydrogen-bond donors (Lipinski definition) is 1. The van der Waals surface area contributed by atoms with Crippen molar-refractivity contribution in [3.8, 4) is 11.5 Å². The minimum atomic E-state index is -1.02. The lowest BCUT2D eigenvalue weighted by molar-refractivity contribution is -0.122. The maximum atomic E-state index is 13.7. The molecule has 0 atom stereocenters. The third-order valence-electron chi connectivity index (χ3n) is 6.55. The topological polar surface area (TPSA) is 88.4 Å². The summed E-state index contributed by atoms with van der Waals surface area (Å²) in [6, 6.07) is 24.9. The highest BCUT2D eigenvalue weighted by Crippen LogP contribution is 2.39. The normalized spacial score (nSPS) is 14.9. The molecular weight excluding hydrogens is 607 g/mol. The lowest BCUT2D eigenvalue weighted by atomic mass is 10.1. The highest BCUT2D eigenvalue weighted by atomic mass is 35.5. The molecule has 4 aromatic rings. The van der Waals surface area contributed by atoms with E-state index in [9.17, 15) is 14.7 Å². The van der Waals surface area contributed by atoms with Crippen molar-refractivity contribution < 1.29 is 24.2 Å². The maximum absolute atomic E-state index is 13.7. The third kappa shape index (κ3) is 7.40. The number of aryl methyl sites for hydroxylation is 1. The van der Waals surface area contributed by atoms with Crippen LogP contribution in [0, 0.1) is 6.92 Å². The van der Waals surface area contributed by atoms with Crippen LogP contribution in [-0.2, 0) is 17.9 Å². The molecule has 1 amide bonds. The number of nitrogens with zero attached hydrogens (tertiary/aromatic N) is 2. The van der Waals surface area contributed by atoms with Gasteiger partial charge in [0, 0.05) is 0 Å². The number of hydrogen-bond acceptors (Lipinski definition) is 6.